The van der Waals surface area contributed by atoms with Gasteiger partial charge in [-0.3, -0.25) is 9.59 Å². The predicted molar refractivity (Wildman–Crippen MR) is 55.3 cm³/mol. The third kappa shape index (κ3) is 3.87. The van der Waals surface area contributed by atoms with Crippen LogP contribution < -0.4 is 5.32 Å². The summed E-state index contributed by atoms with van der Waals surface area (Å²) in [4.78, 5) is 24.2. The molecular formula is C10H18N2O3. The van der Waals surface area contributed by atoms with Crippen molar-refractivity contribution in [2.24, 2.45) is 0 Å². The number of likely N-dealkylation sites (N-methyl/N-ethyl adjacent to an activating group) is 1. The Balaban J connectivity index is 2.27. The van der Waals surface area contributed by atoms with Gasteiger partial charge in [0.1, 0.15) is 6.61 Å². The molecule has 1 rings (SSSR count). The van der Waals surface area contributed by atoms with Crippen LogP contribution in [0.1, 0.15) is 19.8 Å². The van der Waals surface area contributed by atoms with Crippen LogP contribution in [-0.4, -0.2) is 49.6 Å². The highest BCUT2D eigenvalue weighted by Crippen LogP contribution is 2.09. The standard InChI is InChI=1S/C10H18N2O3/c1-3-15-7-9(13)11-8-4-5-10(14)12(2)6-8/h8H,3-7H2,1-2H3,(H,11,13). The van der Waals surface area contributed by atoms with Crippen molar-refractivity contribution in [2.45, 2.75) is 25.8 Å². The minimum absolute atomic E-state index is 0.0701. The Kier molecular flexibility index (Phi) is 4.55. The van der Waals surface area contributed by atoms with Crippen molar-refractivity contribution in [3.63, 3.8) is 0 Å². The van der Waals surface area contributed by atoms with Crippen molar-refractivity contribution in [1.82, 2.24) is 10.2 Å². The van der Waals surface area contributed by atoms with Crippen LogP contribution in [0.3, 0.4) is 0 Å². The second-order valence-corrected chi connectivity index (χ2v) is 3.71. The fourth-order valence-electron chi connectivity index (χ4n) is 1.59. The summed E-state index contributed by atoms with van der Waals surface area (Å²) in [6.07, 6.45) is 1.23. The molecule has 0 aliphatic carbocycles. The molecule has 1 atom stereocenters. The van der Waals surface area contributed by atoms with E-state index in [2.05, 4.69) is 5.32 Å². The van der Waals surface area contributed by atoms with Gasteiger partial charge in [0, 0.05) is 32.7 Å². The van der Waals surface area contributed by atoms with Gasteiger partial charge in [0.2, 0.25) is 11.8 Å². The predicted octanol–water partition coefficient (Wildman–Crippen LogP) is -0.240. The second-order valence-electron chi connectivity index (χ2n) is 3.71. The number of likely N-dealkylation sites (tertiary alicyclic amines) is 1. The summed E-state index contributed by atoms with van der Waals surface area (Å²) in [5, 5.41) is 2.85. The third-order valence-electron chi connectivity index (χ3n) is 2.43. The van der Waals surface area contributed by atoms with E-state index in [0.717, 1.165) is 6.42 Å². The first kappa shape index (κ1) is 12.0. The summed E-state index contributed by atoms with van der Waals surface area (Å²) in [6, 6.07) is 0.0701. The molecule has 1 fully saturated rings. The number of amides is 2. The zero-order valence-corrected chi connectivity index (χ0v) is 9.28. The van der Waals surface area contributed by atoms with Crippen molar-refractivity contribution in [1.29, 1.82) is 0 Å². The van der Waals surface area contributed by atoms with Gasteiger partial charge >= 0.3 is 0 Å². The van der Waals surface area contributed by atoms with Crippen LogP contribution in [0.25, 0.3) is 0 Å². The van der Waals surface area contributed by atoms with Crippen LogP contribution in [0.5, 0.6) is 0 Å². The largest absolute Gasteiger partial charge is 0.372 e. The van der Waals surface area contributed by atoms with E-state index in [-0.39, 0.29) is 24.5 Å². The first-order valence-corrected chi connectivity index (χ1v) is 5.24. The number of hydrogen-bond donors (Lipinski definition) is 1. The number of carbonyl (C=O) groups excluding carboxylic acids is 2. The quantitative estimate of drug-likeness (QED) is 0.702. The summed E-state index contributed by atoms with van der Waals surface area (Å²) in [6.45, 7) is 3.08. The molecule has 1 heterocycles. The van der Waals surface area contributed by atoms with E-state index in [1.54, 1.807) is 11.9 Å². The summed E-state index contributed by atoms with van der Waals surface area (Å²) in [7, 11) is 1.75. The van der Waals surface area contributed by atoms with Crippen LogP contribution in [0.4, 0.5) is 0 Å². The fraction of sp³-hybridized carbons (Fsp3) is 0.800. The Labute approximate surface area is 89.8 Å². The first-order valence-electron chi connectivity index (χ1n) is 5.24. The summed E-state index contributed by atoms with van der Waals surface area (Å²) < 4.78 is 4.99. The zero-order valence-electron chi connectivity index (χ0n) is 9.28. The van der Waals surface area contributed by atoms with E-state index < -0.39 is 0 Å². The highest BCUT2D eigenvalue weighted by molar-refractivity contribution is 5.79. The molecular weight excluding hydrogens is 196 g/mol. The van der Waals surface area contributed by atoms with Crippen LogP contribution >= 0.6 is 0 Å². The van der Waals surface area contributed by atoms with Gasteiger partial charge in [-0.2, -0.15) is 0 Å². The second kappa shape index (κ2) is 5.70. The van der Waals surface area contributed by atoms with E-state index in [4.69, 9.17) is 4.74 Å². The lowest BCUT2D eigenvalue weighted by molar-refractivity contribution is -0.134. The summed E-state index contributed by atoms with van der Waals surface area (Å²) in [5.74, 6) is 0.0370. The van der Waals surface area contributed by atoms with Crippen LogP contribution in [0.15, 0.2) is 0 Å². The first-order chi connectivity index (χ1) is 7.13. The van der Waals surface area contributed by atoms with E-state index >= 15 is 0 Å². The van der Waals surface area contributed by atoms with Crippen molar-refractivity contribution < 1.29 is 14.3 Å². The number of nitrogens with one attached hydrogen (secondary N) is 1. The van der Waals surface area contributed by atoms with Gasteiger partial charge in [-0.1, -0.05) is 0 Å². The van der Waals surface area contributed by atoms with Gasteiger partial charge in [0.15, 0.2) is 0 Å². The van der Waals surface area contributed by atoms with Gasteiger partial charge in [-0.15, -0.1) is 0 Å². The molecule has 15 heavy (non-hydrogen) atoms. The van der Waals surface area contributed by atoms with Crippen molar-refractivity contribution >= 4 is 11.8 Å². The Bertz CT molecular complexity index is 243. The fourth-order valence-corrected chi connectivity index (χ4v) is 1.59. The van der Waals surface area contributed by atoms with E-state index in [9.17, 15) is 9.59 Å². The summed E-state index contributed by atoms with van der Waals surface area (Å²) in [5.41, 5.74) is 0. The molecule has 1 N–H and O–H groups in total. The Morgan fingerprint density at radius 1 is 1.67 bits per heavy atom. The molecule has 1 aliphatic heterocycles. The molecule has 5 nitrogen and oxygen atoms in total. The molecule has 1 aliphatic rings. The molecule has 1 saturated heterocycles. The molecule has 0 spiro atoms. The minimum Gasteiger partial charge on any atom is -0.372 e. The molecule has 0 aromatic rings. The lowest BCUT2D eigenvalue weighted by atomic mass is 10.1. The number of hydrogen-bond acceptors (Lipinski definition) is 3. The smallest absolute Gasteiger partial charge is 0.246 e. The van der Waals surface area contributed by atoms with Gasteiger partial charge in [0.25, 0.3) is 0 Å². The zero-order chi connectivity index (χ0) is 11.3. The molecule has 0 bridgehead atoms. The number of carbonyl (C=O) groups is 2. The topological polar surface area (TPSA) is 58.6 Å². The van der Waals surface area contributed by atoms with E-state index in [0.29, 0.717) is 19.6 Å². The number of nitrogens with zero attached hydrogens (tertiary/aromatic N) is 1. The highest BCUT2D eigenvalue weighted by atomic mass is 16.5. The number of rotatable bonds is 4. The van der Waals surface area contributed by atoms with E-state index in [1.165, 1.54) is 0 Å². The van der Waals surface area contributed by atoms with Gasteiger partial charge in [-0.05, 0) is 13.3 Å². The lowest BCUT2D eigenvalue weighted by Gasteiger charge is -2.30. The van der Waals surface area contributed by atoms with Crippen molar-refractivity contribution in [3.05, 3.63) is 0 Å². The monoisotopic (exact) mass is 214 g/mol. The maximum absolute atomic E-state index is 11.3. The molecule has 1 unspecified atom stereocenters. The molecule has 0 radical (unpaired) electrons. The lowest BCUT2D eigenvalue weighted by Crippen LogP contribution is -2.49. The molecule has 0 aromatic heterocycles. The molecule has 5 heteroatoms. The SMILES string of the molecule is CCOCC(=O)NC1CCC(=O)N(C)C1. The van der Waals surface area contributed by atoms with Gasteiger partial charge in [0.05, 0.1) is 0 Å². The maximum atomic E-state index is 11.3. The third-order valence-corrected chi connectivity index (χ3v) is 2.43. The van der Waals surface area contributed by atoms with E-state index in [1.807, 2.05) is 6.92 Å². The molecule has 86 valence electrons. The Morgan fingerprint density at radius 2 is 2.40 bits per heavy atom. The summed E-state index contributed by atoms with van der Waals surface area (Å²) >= 11 is 0. The molecule has 0 saturated carbocycles. The molecule has 0 aromatic carbocycles. The normalized spacial score (nSPS) is 21.6. The van der Waals surface area contributed by atoms with Gasteiger partial charge < -0.3 is 15.0 Å². The Hall–Kier alpha value is -1.10. The number of piperidine rings is 1. The average molecular weight is 214 g/mol. The van der Waals surface area contributed by atoms with Crippen molar-refractivity contribution in [2.75, 3.05) is 26.8 Å². The van der Waals surface area contributed by atoms with Crippen LogP contribution in [0, 0.1) is 0 Å². The average Bonchev–Trinajstić information content (AvgIpc) is 2.20. The van der Waals surface area contributed by atoms with Crippen LogP contribution in [-0.2, 0) is 14.3 Å². The van der Waals surface area contributed by atoms with Crippen LogP contribution in [0.2, 0.25) is 0 Å². The number of ether oxygens (including phenoxy) is 1. The van der Waals surface area contributed by atoms with Gasteiger partial charge in [-0.25, -0.2) is 0 Å². The molecule has 2 amide bonds. The Morgan fingerprint density at radius 3 is 3.00 bits per heavy atom. The minimum atomic E-state index is -0.107. The highest BCUT2D eigenvalue weighted by Gasteiger charge is 2.23. The van der Waals surface area contributed by atoms with Crippen molar-refractivity contribution in [3.8, 4) is 0 Å². The maximum Gasteiger partial charge on any atom is 0.246 e.